The smallest absolute Gasteiger partial charge is 0.271 e. The molecule has 0 saturated heterocycles. The van der Waals surface area contributed by atoms with E-state index in [1.807, 2.05) is 0 Å². The lowest BCUT2D eigenvalue weighted by molar-refractivity contribution is -0.384. The van der Waals surface area contributed by atoms with Gasteiger partial charge in [-0.2, -0.15) is 0 Å². The Labute approximate surface area is 242 Å². The molecule has 212 valence electrons. The van der Waals surface area contributed by atoms with Crippen molar-refractivity contribution in [1.29, 1.82) is 0 Å². The number of nitro benzene ring substituents is 1. The van der Waals surface area contributed by atoms with Gasteiger partial charge in [0, 0.05) is 40.8 Å². The lowest BCUT2D eigenvalue weighted by Gasteiger charge is -2.33. The number of rotatable bonds is 12. The first-order chi connectivity index (χ1) is 19.0. The Hall–Kier alpha value is -3.67. The van der Waals surface area contributed by atoms with Crippen molar-refractivity contribution in [3.8, 4) is 0 Å². The molecule has 3 rings (SSSR count). The maximum atomic E-state index is 14.0. The van der Waals surface area contributed by atoms with Gasteiger partial charge in [-0.1, -0.05) is 60.5 Å². The molecule has 0 aliphatic carbocycles. The Bertz CT molecular complexity index is 1470. The summed E-state index contributed by atoms with van der Waals surface area (Å²) in [5, 5.41) is 14.7. The van der Waals surface area contributed by atoms with Gasteiger partial charge in [-0.3, -0.25) is 24.0 Å². The molecule has 0 radical (unpaired) electrons. The number of carbonyl (C=O) groups excluding carboxylic acids is 2. The monoisotopic (exact) mass is 606 g/mol. The van der Waals surface area contributed by atoms with Gasteiger partial charge in [0.15, 0.2) is 0 Å². The number of nitrogens with one attached hydrogen (secondary N) is 1. The highest BCUT2D eigenvalue weighted by molar-refractivity contribution is 7.92. The first-order valence-electron chi connectivity index (χ1n) is 12.3. The molecule has 2 amide bonds. The molecule has 0 aliphatic rings. The number of hydrogen-bond donors (Lipinski definition) is 1. The number of non-ortho nitro benzene ring substituents is 1. The van der Waals surface area contributed by atoms with Gasteiger partial charge in [0.25, 0.3) is 15.7 Å². The molecule has 0 heterocycles. The van der Waals surface area contributed by atoms with Crippen molar-refractivity contribution in [2.24, 2.45) is 0 Å². The molecule has 0 saturated carbocycles. The number of halogens is 2. The van der Waals surface area contributed by atoms with Crippen LogP contribution in [-0.2, 0) is 26.2 Å². The lowest BCUT2D eigenvalue weighted by atomic mass is 10.1. The van der Waals surface area contributed by atoms with Gasteiger partial charge in [0.05, 0.1) is 15.5 Å². The van der Waals surface area contributed by atoms with Crippen LogP contribution < -0.4 is 9.62 Å². The number of sulfonamides is 1. The highest BCUT2D eigenvalue weighted by Gasteiger charge is 2.34. The molecule has 10 nitrogen and oxygen atoms in total. The second-order valence-corrected chi connectivity index (χ2v) is 11.3. The van der Waals surface area contributed by atoms with E-state index in [2.05, 4.69) is 5.32 Å². The number of benzene rings is 3. The van der Waals surface area contributed by atoms with Crippen LogP contribution in [0.15, 0.2) is 77.7 Å². The Morgan fingerprint density at radius 2 is 1.60 bits per heavy atom. The molecule has 3 aromatic rings. The zero-order chi connectivity index (χ0) is 29.4. The molecule has 0 spiro atoms. The second kappa shape index (κ2) is 13.6. The first-order valence-corrected chi connectivity index (χ1v) is 14.5. The van der Waals surface area contributed by atoms with Crippen LogP contribution in [0, 0.1) is 10.1 Å². The van der Waals surface area contributed by atoms with Crippen LogP contribution in [0.5, 0.6) is 0 Å². The molecular formula is C27H28Cl2N4O6S. The van der Waals surface area contributed by atoms with Crippen molar-refractivity contribution in [2.75, 3.05) is 17.4 Å². The van der Waals surface area contributed by atoms with Crippen LogP contribution in [0.3, 0.4) is 0 Å². The molecule has 40 heavy (non-hydrogen) atoms. The van der Waals surface area contributed by atoms with Crippen molar-refractivity contribution in [3.05, 3.63) is 98.5 Å². The van der Waals surface area contributed by atoms with Crippen LogP contribution in [-0.4, -0.2) is 49.2 Å². The number of carbonyl (C=O) groups is 2. The predicted octanol–water partition coefficient (Wildman–Crippen LogP) is 5.04. The van der Waals surface area contributed by atoms with Gasteiger partial charge >= 0.3 is 0 Å². The maximum Gasteiger partial charge on any atom is 0.271 e. The van der Waals surface area contributed by atoms with Gasteiger partial charge < -0.3 is 10.2 Å². The fraction of sp³-hybridized carbons (Fsp3) is 0.259. The summed E-state index contributed by atoms with van der Waals surface area (Å²) in [6.07, 6.45) is 0.210. The molecular weight excluding hydrogens is 579 g/mol. The van der Waals surface area contributed by atoms with E-state index < -0.39 is 39.3 Å². The van der Waals surface area contributed by atoms with E-state index in [4.69, 9.17) is 23.2 Å². The summed E-state index contributed by atoms with van der Waals surface area (Å²) in [4.78, 5) is 38.9. The minimum absolute atomic E-state index is 0.0896. The zero-order valence-corrected chi connectivity index (χ0v) is 24.1. The molecule has 0 unspecified atom stereocenters. The van der Waals surface area contributed by atoms with Gasteiger partial charge in [0.2, 0.25) is 11.8 Å². The maximum absolute atomic E-state index is 14.0. The number of likely N-dealkylation sites (N-methyl/N-ethyl adjacent to an activating group) is 1. The normalized spacial score (nSPS) is 11.9. The molecule has 1 atom stereocenters. The quantitative estimate of drug-likeness (QED) is 0.227. The Morgan fingerprint density at radius 3 is 2.17 bits per heavy atom. The van der Waals surface area contributed by atoms with Gasteiger partial charge in [0.1, 0.15) is 12.6 Å². The molecule has 13 heteroatoms. The van der Waals surface area contributed by atoms with E-state index in [1.54, 1.807) is 38.1 Å². The van der Waals surface area contributed by atoms with Crippen molar-refractivity contribution in [1.82, 2.24) is 10.2 Å². The van der Waals surface area contributed by atoms with Crippen LogP contribution >= 0.6 is 23.2 Å². The third-order valence-corrected chi connectivity index (χ3v) is 8.56. The highest BCUT2D eigenvalue weighted by atomic mass is 35.5. The number of nitro groups is 1. The van der Waals surface area contributed by atoms with Gasteiger partial charge in [-0.25, -0.2) is 8.42 Å². The van der Waals surface area contributed by atoms with Crippen LogP contribution in [0.2, 0.25) is 10.0 Å². The third kappa shape index (κ3) is 7.09. The lowest BCUT2D eigenvalue weighted by Crippen LogP contribution is -2.52. The van der Waals surface area contributed by atoms with Gasteiger partial charge in [-0.05, 0) is 43.7 Å². The molecule has 3 aromatic carbocycles. The standard InChI is InChI=1S/C27H28Cl2N4O6S/c1-3-25(27(35)30-4-2)31(17-22-23(28)14-9-15-24(22)29)26(34)18-32(19-10-8-11-20(16-19)33(36)37)40(38,39)21-12-6-5-7-13-21/h5-16,25H,3-4,17-18H2,1-2H3,(H,30,35)/t25-/m0/s1. The van der Waals surface area contributed by atoms with Crippen molar-refractivity contribution < 1.29 is 22.9 Å². The van der Waals surface area contributed by atoms with Crippen LogP contribution in [0.1, 0.15) is 25.8 Å². The molecule has 0 fully saturated rings. The number of nitrogens with zero attached hydrogens (tertiary/aromatic N) is 3. The Kier molecular flexibility index (Phi) is 10.5. The average Bonchev–Trinajstić information content (AvgIpc) is 2.93. The van der Waals surface area contributed by atoms with E-state index in [0.29, 0.717) is 12.1 Å². The zero-order valence-electron chi connectivity index (χ0n) is 21.8. The topological polar surface area (TPSA) is 130 Å². The summed E-state index contributed by atoms with van der Waals surface area (Å²) in [6, 6.07) is 16.2. The summed E-state index contributed by atoms with van der Waals surface area (Å²) < 4.78 is 28.4. The fourth-order valence-corrected chi connectivity index (χ4v) is 6.02. The first kappa shape index (κ1) is 30.9. The largest absolute Gasteiger partial charge is 0.355 e. The van der Waals surface area contributed by atoms with E-state index in [-0.39, 0.29) is 39.3 Å². The van der Waals surface area contributed by atoms with Crippen molar-refractivity contribution in [3.63, 3.8) is 0 Å². The second-order valence-electron chi connectivity index (χ2n) is 8.64. The fourth-order valence-electron chi connectivity index (χ4n) is 4.08. The summed E-state index contributed by atoms with van der Waals surface area (Å²) in [6.45, 7) is 2.83. The van der Waals surface area contributed by atoms with E-state index in [1.165, 1.54) is 47.4 Å². The van der Waals surface area contributed by atoms with Crippen molar-refractivity contribution >= 4 is 56.4 Å². The molecule has 0 aliphatic heterocycles. The average molecular weight is 608 g/mol. The van der Waals surface area contributed by atoms with Crippen molar-refractivity contribution in [2.45, 2.75) is 37.8 Å². The summed E-state index contributed by atoms with van der Waals surface area (Å²) >= 11 is 12.8. The Balaban J connectivity index is 2.13. The number of anilines is 1. The summed E-state index contributed by atoms with van der Waals surface area (Å²) in [7, 11) is -4.37. The van der Waals surface area contributed by atoms with Crippen LogP contribution in [0.25, 0.3) is 0 Å². The Morgan fingerprint density at radius 1 is 0.975 bits per heavy atom. The highest BCUT2D eigenvalue weighted by Crippen LogP contribution is 2.30. The molecule has 0 aromatic heterocycles. The summed E-state index contributed by atoms with van der Waals surface area (Å²) in [5.41, 5.74) is -0.0605. The number of amides is 2. The SMILES string of the molecule is CCNC(=O)[C@H](CC)N(Cc1c(Cl)cccc1Cl)C(=O)CN(c1cccc([N+](=O)[O-])c1)S(=O)(=O)c1ccccc1. The third-order valence-electron chi connectivity index (χ3n) is 6.07. The van der Waals surface area contributed by atoms with E-state index >= 15 is 0 Å². The minimum Gasteiger partial charge on any atom is -0.355 e. The summed E-state index contributed by atoms with van der Waals surface area (Å²) in [5.74, 6) is -1.17. The van der Waals surface area contributed by atoms with E-state index in [9.17, 15) is 28.1 Å². The van der Waals surface area contributed by atoms with E-state index in [0.717, 1.165) is 10.4 Å². The van der Waals surface area contributed by atoms with Gasteiger partial charge in [-0.15, -0.1) is 0 Å². The predicted molar refractivity (Wildman–Crippen MR) is 154 cm³/mol. The molecule has 0 bridgehead atoms. The number of hydrogen-bond acceptors (Lipinski definition) is 6. The van der Waals surface area contributed by atoms with Crippen LogP contribution in [0.4, 0.5) is 11.4 Å². The minimum atomic E-state index is -4.37. The molecule has 1 N–H and O–H groups in total.